The van der Waals surface area contributed by atoms with Gasteiger partial charge in [0.1, 0.15) is 5.82 Å². The number of carbonyl (C=O) groups excluding carboxylic acids is 2. The van der Waals surface area contributed by atoms with Gasteiger partial charge in [-0.2, -0.15) is 9.61 Å². The first kappa shape index (κ1) is 18.3. The van der Waals surface area contributed by atoms with E-state index in [1.807, 2.05) is 30.3 Å². The third-order valence-corrected chi connectivity index (χ3v) is 5.35. The van der Waals surface area contributed by atoms with Gasteiger partial charge in [-0.15, -0.1) is 0 Å². The van der Waals surface area contributed by atoms with Crippen molar-refractivity contribution < 1.29 is 9.59 Å². The smallest absolute Gasteiger partial charge is 0.228 e. The number of Topliss-reactive ketones (excluding diaryl/α,β-unsaturated/α-hetero) is 1. The Morgan fingerprint density at radius 2 is 2.17 bits per heavy atom. The molecule has 1 saturated carbocycles. The fourth-order valence-corrected chi connectivity index (χ4v) is 3.56. The number of nitrogens with zero attached hydrogens (tertiary/aromatic N) is 3. The molecule has 1 aliphatic heterocycles. The molecule has 0 radical (unpaired) electrons. The van der Waals surface area contributed by atoms with Gasteiger partial charge >= 0.3 is 0 Å². The highest BCUT2D eigenvalue weighted by Gasteiger charge is 2.24. The second kappa shape index (κ2) is 6.95. The maximum absolute atomic E-state index is 11.8. The minimum absolute atomic E-state index is 0.0148. The third kappa shape index (κ3) is 3.39. The maximum Gasteiger partial charge on any atom is 0.228 e. The minimum Gasteiger partial charge on any atom is -0.367 e. The summed E-state index contributed by atoms with van der Waals surface area (Å²) in [7, 11) is 0. The Labute approximate surface area is 173 Å². The number of nitrogens with one attached hydrogen (secondary N) is 2. The molecule has 0 spiro atoms. The summed E-state index contributed by atoms with van der Waals surface area (Å²) in [4.78, 5) is 28.4. The average molecular weight is 399 g/mol. The number of rotatable bonds is 5. The molecule has 7 heteroatoms. The van der Waals surface area contributed by atoms with Crippen molar-refractivity contribution >= 4 is 29.2 Å². The molecule has 2 aromatic heterocycles. The molecule has 5 rings (SSSR count). The number of benzene rings is 1. The van der Waals surface area contributed by atoms with Gasteiger partial charge in [-0.3, -0.25) is 9.59 Å². The summed E-state index contributed by atoms with van der Waals surface area (Å²) in [5, 5.41) is 10.8. The summed E-state index contributed by atoms with van der Waals surface area (Å²) >= 11 is 0. The van der Waals surface area contributed by atoms with Crippen LogP contribution in [-0.4, -0.2) is 32.3 Å². The Morgan fingerprint density at radius 1 is 1.33 bits per heavy atom. The first-order valence-electron chi connectivity index (χ1n) is 9.94. The van der Waals surface area contributed by atoms with Crippen molar-refractivity contribution in [3.8, 4) is 11.3 Å². The van der Waals surface area contributed by atoms with Gasteiger partial charge < -0.3 is 10.6 Å². The minimum atomic E-state index is -0.0616. The normalized spacial score (nSPS) is 17.6. The van der Waals surface area contributed by atoms with Crippen LogP contribution >= 0.6 is 0 Å². The molecule has 150 valence electrons. The Kier molecular flexibility index (Phi) is 4.24. The molecule has 1 aliphatic carbocycles. The van der Waals surface area contributed by atoms with Crippen molar-refractivity contribution in [2.24, 2.45) is 0 Å². The van der Waals surface area contributed by atoms with Crippen LogP contribution in [0.5, 0.6) is 0 Å². The molecule has 30 heavy (non-hydrogen) atoms. The quantitative estimate of drug-likeness (QED) is 0.640. The van der Waals surface area contributed by atoms with Gasteiger partial charge in [-0.1, -0.05) is 24.8 Å². The Hall–Kier alpha value is -3.74. The molecule has 2 aliphatic rings. The van der Waals surface area contributed by atoms with Crippen molar-refractivity contribution in [2.75, 3.05) is 5.32 Å². The molecule has 0 unspecified atom stereocenters. The number of carbonyl (C=O) groups is 2. The van der Waals surface area contributed by atoms with E-state index in [-0.39, 0.29) is 11.7 Å². The van der Waals surface area contributed by atoms with Crippen LogP contribution in [0.3, 0.4) is 0 Å². The zero-order chi connectivity index (χ0) is 20.8. The number of ketones is 1. The maximum atomic E-state index is 11.8. The average Bonchev–Trinajstić information content (AvgIpc) is 3.36. The van der Waals surface area contributed by atoms with E-state index in [0.717, 1.165) is 41.1 Å². The molecule has 1 saturated heterocycles. The number of anilines is 1. The summed E-state index contributed by atoms with van der Waals surface area (Å²) in [6, 6.07) is 9.88. The van der Waals surface area contributed by atoms with E-state index < -0.39 is 0 Å². The van der Waals surface area contributed by atoms with Gasteiger partial charge in [0.05, 0.1) is 18.3 Å². The van der Waals surface area contributed by atoms with Crippen LogP contribution in [0.4, 0.5) is 5.82 Å². The van der Waals surface area contributed by atoms with Crippen LogP contribution in [0.2, 0.25) is 0 Å². The van der Waals surface area contributed by atoms with Gasteiger partial charge in [-0.05, 0) is 37.5 Å². The topological polar surface area (TPSA) is 88.4 Å². The lowest BCUT2D eigenvalue weighted by molar-refractivity contribution is -0.118. The third-order valence-electron chi connectivity index (χ3n) is 5.35. The van der Waals surface area contributed by atoms with Crippen molar-refractivity contribution in [1.29, 1.82) is 0 Å². The lowest BCUT2D eigenvalue weighted by Crippen LogP contribution is -2.10. The van der Waals surface area contributed by atoms with Gasteiger partial charge in [0.15, 0.2) is 11.4 Å². The summed E-state index contributed by atoms with van der Waals surface area (Å²) in [5.74, 6) is 0.810. The van der Waals surface area contributed by atoms with E-state index in [4.69, 9.17) is 4.98 Å². The standard InChI is InChI=1S/C23H21N5O2/c1-13-17(10-22(30)25-13)9-18-12-24-28-21(26-19-6-7-19)11-20(27-23(18)28)16-5-3-4-15(8-16)14(2)29/h3-5,8-9,11-12,19,26H,1,6-7,10H2,2H3,(H,25,30)/b17-9+. The zero-order valence-corrected chi connectivity index (χ0v) is 16.6. The Morgan fingerprint density at radius 3 is 2.87 bits per heavy atom. The van der Waals surface area contributed by atoms with Crippen LogP contribution < -0.4 is 10.6 Å². The van der Waals surface area contributed by atoms with Crippen LogP contribution in [0.1, 0.15) is 42.1 Å². The lowest BCUT2D eigenvalue weighted by Gasteiger charge is -2.11. The van der Waals surface area contributed by atoms with Gasteiger partial charge in [-0.25, -0.2) is 4.98 Å². The molecule has 3 aromatic rings. The van der Waals surface area contributed by atoms with E-state index >= 15 is 0 Å². The lowest BCUT2D eigenvalue weighted by atomic mass is 10.1. The summed E-state index contributed by atoms with van der Waals surface area (Å²) in [5.41, 5.74) is 5.21. The van der Waals surface area contributed by atoms with Gasteiger partial charge in [0, 0.05) is 34.5 Å². The fraction of sp³-hybridized carbons (Fsp3) is 0.217. The highest BCUT2D eigenvalue weighted by Crippen LogP contribution is 2.30. The Balaban J connectivity index is 1.65. The molecule has 0 bridgehead atoms. The zero-order valence-electron chi connectivity index (χ0n) is 16.6. The van der Waals surface area contributed by atoms with E-state index in [0.29, 0.717) is 29.4 Å². The second-order valence-corrected chi connectivity index (χ2v) is 7.79. The predicted molar refractivity (Wildman–Crippen MR) is 115 cm³/mol. The molecule has 3 heterocycles. The molecule has 7 nitrogen and oxygen atoms in total. The van der Waals surface area contributed by atoms with Gasteiger partial charge in [0.25, 0.3) is 0 Å². The number of aromatic nitrogens is 3. The van der Waals surface area contributed by atoms with Crippen LogP contribution in [0.15, 0.2) is 54.4 Å². The molecule has 0 atom stereocenters. The largest absolute Gasteiger partial charge is 0.367 e. The van der Waals surface area contributed by atoms with Crippen LogP contribution in [0.25, 0.3) is 23.0 Å². The van der Waals surface area contributed by atoms with E-state index in [2.05, 4.69) is 22.3 Å². The van der Waals surface area contributed by atoms with E-state index in [1.165, 1.54) is 0 Å². The Bertz CT molecular complexity index is 1250. The van der Waals surface area contributed by atoms with E-state index in [1.54, 1.807) is 23.7 Å². The number of hydrogen-bond donors (Lipinski definition) is 2. The molecular formula is C23H21N5O2. The second-order valence-electron chi connectivity index (χ2n) is 7.79. The summed E-state index contributed by atoms with van der Waals surface area (Å²) < 4.78 is 1.79. The molecule has 2 fully saturated rings. The first-order valence-corrected chi connectivity index (χ1v) is 9.94. The SMILES string of the molecule is C=C1NC(=O)C/C1=C\c1cnn2c(NC3CC3)cc(-c3cccc(C(C)=O)c3)nc12. The number of fused-ring (bicyclic) bond motifs is 1. The monoisotopic (exact) mass is 399 g/mol. The van der Waals surface area contributed by atoms with Crippen molar-refractivity contribution in [3.63, 3.8) is 0 Å². The fourth-order valence-electron chi connectivity index (χ4n) is 3.56. The molecule has 1 amide bonds. The number of hydrogen-bond acceptors (Lipinski definition) is 5. The van der Waals surface area contributed by atoms with Crippen LogP contribution in [-0.2, 0) is 4.79 Å². The van der Waals surface area contributed by atoms with Crippen molar-refractivity contribution in [1.82, 2.24) is 19.9 Å². The van der Waals surface area contributed by atoms with Crippen molar-refractivity contribution in [2.45, 2.75) is 32.2 Å². The number of allylic oxidation sites excluding steroid dienone is 1. The molecule has 2 N–H and O–H groups in total. The van der Waals surface area contributed by atoms with Crippen molar-refractivity contribution in [3.05, 3.63) is 65.5 Å². The van der Waals surface area contributed by atoms with E-state index in [9.17, 15) is 9.59 Å². The first-order chi connectivity index (χ1) is 14.5. The van der Waals surface area contributed by atoms with Gasteiger partial charge in [0.2, 0.25) is 5.91 Å². The number of amides is 1. The predicted octanol–water partition coefficient (Wildman–Crippen LogP) is 3.59. The molecule has 1 aromatic carbocycles. The molecular weight excluding hydrogens is 378 g/mol. The van der Waals surface area contributed by atoms with Crippen LogP contribution in [0, 0.1) is 0 Å². The summed E-state index contributed by atoms with van der Waals surface area (Å²) in [6.07, 6.45) is 6.21. The highest BCUT2D eigenvalue weighted by atomic mass is 16.2. The summed E-state index contributed by atoms with van der Waals surface area (Å²) in [6.45, 7) is 5.47. The highest BCUT2D eigenvalue weighted by molar-refractivity contribution is 5.95.